The second-order valence-electron chi connectivity index (χ2n) is 5.76. The van der Waals surface area contributed by atoms with E-state index in [-0.39, 0.29) is 0 Å². The van der Waals surface area contributed by atoms with Crippen molar-refractivity contribution in [3.8, 4) is 0 Å². The van der Waals surface area contributed by atoms with Gasteiger partial charge in [-0.25, -0.2) is 0 Å². The summed E-state index contributed by atoms with van der Waals surface area (Å²) in [4.78, 5) is 0. The summed E-state index contributed by atoms with van der Waals surface area (Å²) in [7, 11) is 0. The van der Waals surface area contributed by atoms with Crippen molar-refractivity contribution in [3.63, 3.8) is 0 Å². The highest BCUT2D eigenvalue weighted by Gasteiger charge is 2.18. The molecule has 0 heteroatoms. The lowest BCUT2D eigenvalue weighted by molar-refractivity contribution is 1.03. The van der Waals surface area contributed by atoms with Crippen LogP contribution in [-0.2, 0) is 12.8 Å². The van der Waals surface area contributed by atoms with E-state index >= 15 is 0 Å². The minimum Gasteiger partial charge on any atom is -0.0616 e. The van der Waals surface area contributed by atoms with Crippen LogP contribution in [0.25, 0.3) is 32.3 Å². The molecule has 1 aliphatic rings. The van der Waals surface area contributed by atoms with E-state index in [1.165, 1.54) is 50.7 Å². The Morgan fingerprint density at radius 2 is 1.40 bits per heavy atom. The maximum atomic E-state index is 2.36. The molecule has 5 rings (SSSR count). The van der Waals surface area contributed by atoms with Gasteiger partial charge in [0.25, 0.3) is 0 Å². The third-order valence-electron chi connectivity index (χ3n) is 4.70. The standard InChI is InChI=1S/C20H14/c1-2-7-17-13(4-1)8-9-16-12-15-6-3-5-14-10-11-18(19(14)15)20(16)17/h1-9,12H,10-11H2. The molecule has 1 aliphatic carbocycles. The summed E-state index contributed by atoms with van der Waals surface area (Å²) in [5, 5.41) is 8.51. The minimum atomic E-state index is 1.18. The van der Waals surface area contributed by atoms with Gasteiger partial charge in [-0.1, -0.05) is 54.6 Å². The third-order valence-corrected chi connectivity index (χ3v) is 4.70. The molecule has 0 spiro atoms. The Morgan fingerprint density at radius 3 is 2.40 bits per heavy atom. The molecule has 0 fully saturated rings. The lowest BCUT2D eigenvalue weighted by atomic mass is 9.94. The number of rotatable bonds is 0. The quantitative estimate of drug-likeness (QED) is 0.297. The van der Waals surface area contributed by atoms with Crippen molar-refractivity contribution >= 4 is 32.3 Å². The lowest BCUT2D eigenvalue weighted by Crippen LogP contribution is -1.86. The first-order valence-electron chi connectivity index (χ1n) is 7.27. The Morgan fingerprint density at radius 1 is 0.600 bits per heavy atom. The van der Waals surface area contributed by atoms with Crippen LogP contribution in [0.1, 0.15) is 11.1 Å². The van der Waals surface area contributed by atoms with Gasteiger partial charge in [0.1, 0.15) is 0 Å². The molecule has 20 heavy (non-hydrogen) atoms. The normalized spacial score (nSPS) is 13.6. The van der Waals surface area contributed by atoms with E-state index in [4.69, 9.17) is 0 Å². The fraction of sp³-hybridized carbons (Fsp3) is 0.100. The predicted molar refractivity (Wildman–Crippen MR) is 86.4 cm³/mol. The highest BCUT2D eigenvalue weighted by molar-refractivity contribution is 6.15. The van der Waals surface area contributed by atoms with Crippen LogP contribution < -0.4 is 0 Å². The van der Waals surface area contributed by atoms with E-state index in [2.05, 4.69) is 60.7 Å². The minimum absolute atomic E-state index is 1.18. The topological polar surface area (TPSA) is 0 Å². The van der Waals surface area contributed by atoms with Crippen LogP contribution in [0.2, 0.25) is 0 Å². The highest BCUT2D eigenvalue weighted by Crippen LogP contribution is 2.39. The van der Waals surface area contributed by atoms with Crippen LogP contribution in [-0.4, -0.2) is 0 Å². The Labute approximate surface area is 117 Å². The smallest absolute Gasteiger partial charge is 0.00667 e. The summed E-state index contributed by atoms with van der Waals surface area (Å²) in [6, 6.07) is 22.4. The lowest BCUT2D eigenvalue weighted by Gasteiger charge is -2.10. The summed E-state index contributed by atoms with van der Waals surface area (Å²) in [5.74, 6) is 0. The van der Waals surface area contributed by atoms with Gasteiger partial charge < -0.3 is 0 Å². The van der Waals surface area contributed by atoms with Gasteiger partial charge in [-0.3, -0.25) is 0 Å². The Balaban J connectivity index is 2.13. The van der Waals surface area contributed by atoms with Gasteiger partial charge >= 0.3 is 0 Å². The average molecular weight is 254 g/mol. The molecule has 0 saturated carbocycles. The van der Waals surface area contributed by atoms with E-state index in [0.717, 1.165) is 0 Å². The Kier molecular flexibility index (Phi) is 1.88. The van der Waals surface area contributed by atoms with Crippen molar-refractivity contribution in [2.24, 2.45) is 0 Å². The molecule has 0 heterocycles. The molecular weight excluding hydrogens is 240 g/mol. The molecule has 0 N–H and O–H groups in total. The summed E-state index contributed by atoms with van der Waals surface area (Å²) in [6.45, 7) is 0. The average Bonchev–Trinajstić information content (AvgIpc) is 2.93. The third kappa shape index (κ3) is 1.21. The van der Waals surface area contributed by atoms with Gasteiger partial charge in [0.05, 0.1) is 0 Å². The highest BCUT2D eigenvalue weighted by atomic mass is 14.2. The summed E-state index contributed by atoms with van der Waals surface area (Å²) in [6.07, 6.45) is 2.37. The van der Waals surface area contributed by atoms with Gasteiger partial charge in [-0.05, 0) is 62.4 Å². The maximum Gasteiger partial charge on any atom is -0.00667 e. The Bertz CT molecular complexity index is 993. The number of benzene rings is 4. The molecule has 0 aliphatic heterocycles. The second-order valence-corrected chi connectivity index (χ2v) is 5.76. The fourth-order valence-corrected chi connectivity index (χ4v) is 3.86. The van der Waals surface area contributed by atoms with Crippen LogP contribution in [0.3, 0.4) is 0 Å². The molecule has 0 unspecified atom stereocenters. The van der Waals surface area contributed by atoms with Crippen LogP contribution in [0.15, 0.2) is 60.7 Å². The zero-order valence-corrected chi connectivity index (χ0v) is 11.2. The molecule has 4 aromatic rings. The van der Waals surface area contributed by atoms with Crippen LogP contribution >= 0.6 is 0 Å². The van der Waals surface area contributed by atoms with Crippen molar-refractivity contribution in [1.82, 2.24) is 0 Å². The molecule has 94 valence electrons. The summed E-state index contributed by atoms with van der Waals surface area (Å²) < 4.78 is 0. The summed E-state index contributed by atoms with van der Waals surface area (Å²) >= 11 is 0. The molecule has 0 nitrogen and oxygen atoms in total. The van der Waals surface area contributed by atoms with Crippen molar-refractivity contribution in [1.29, 1.82) is 0 Å². The van der Waals surface area contributed by atoms with Crippen LogP contribution in [0.5, 0.6) is 0 Å². The van der Waals surface area contributed by atoms with E-state index in [1.54, 1.807) is 5.56 Å². The van der Waals surface area contributed by atoms with Crippen molar-refractivity contribution in [2.75, 3.05) is 0 Å². The zero-order valence-electron chi connectivity index (χ0n) is 11.2. The number of hydrogen-bond donors (Lipinski definition) is 0. The van der Waals surface area contributed by atoms with Gasteiger partial charge in [-0.2, -0.15) is 0 Å². The van der Waals surface area contributed by atoms with E-state index in [0.29, 0.717) is 0 Å². The van der Waals surface area contributed by atoms with Gasteiger partial charge in [0, 0.05) is 0 Å². The van der Waals surface area contributed by atoms with E-state index < -0.39 is 0 Å². The number of aryl methyl sites for hydroxylation is 2. The van der Waals surface area contributed by atoms with Gasteiger partial charge in [0.2, 0.25) is 0 Å². The van der Waals surface area contributed by atoms with Crippen molar-refractivity contribution < 1.29 is 0 Å². The molecule has 0 atom stereocenters. The molecule has 0 saturated heterocycles. The number of fused-ring (bicyclic) bond motifs is 4. The van der Waals surface area contributed by atoms with E-state index in [1.807, 2.05) is 0 Å². The fourth-order valence-electron chi connectivity index (χ4n) is 3.86. The van der Waals surface area contributed by atoms with E-state index in [9.17, 15) is 0 Å². The first-order valence-corrected chi connectivity index (χ1v) is 7.27. The molecule has 0 bridgehead atoms. The SMILES string of the molecule is c1cc2c3c(c4c(ccc5ccccc54)cc3c1)CC2. The van der Waals surface area contributed by atoms with Crippen LogP contribution in [0, 0.1) is 0 Å². The second kappa shape index (κ2) is 3.61. The van der Waals surface area contributed by atoms with Gasteiger partial charge in [-0.15, -0.1) is 0 Å². The number of hydrogen-bond acceptors (Lipinski definition) is 0. The molecule has 4 aromatic carbocycles. The largest absolute Gasteiger partial charge is 0.0616 e. The molecule has 0 aromatic heterocycles. The van der Waals surface area contributed by atoms with Crippen LogP contribution in [0.4, 0.5) is 0 Å². The zero-order chi connectivity index (χ0) is 13.1. The van der Waals surface area contributed by atoms with Crippen molar-refractivity contribution in [3.05, 3.63) is 71.8 Å². The van der Waals surface area contributed by atoms with Gasteiger partial charge in [0.15, 0.2) is 0 Å². The first kappa shape index (κ1) is 10.4. The molecule has 0 radical (unpaired) electrons. The Hall–Kier alpha value is -2.34. The predicted octanol–water partition coefficient (Wildman–Crippen LogP) is 5.24. The summed E-state index contributed by atoms with van der Waals surface area (Å²) in [5.41, 5.74) is 3.08. The monoisotopic (exact) mass is 254 g/mol. The molecule has 0 amide bonds. The van der Waals surface area contributed by atoms with Crippen molar-refractivity contribution in [2.45, 2.75) is 12.8 Å². The first-order chi connectivity index (χ1) is 9.92. The maximum absolute atomic E-state index is 2.36. The molecular formula is C20H14.